The van der Waals surface area contributed by atoms with E-state index in [9.17, 15) is 4.79 Å². The maximum atomic E-state index is 10.8. The van der Waals surface area contributed by atoms with Gasteiger partial charge in [0.05, 0.1) is 12.7 Å². The summed E-state index contributed by atoms with van der Waals surface area (Å²) in [5.41, 5.74) is 0.435. The number of benzene rings is 1. The predicted octanol–water partition coefficient (Wildman–Crippen LogP) is 0.263. The molecule has 4 heteroatoms. The Morgan fingerprint density at radius 3 is 2.25 bits per heavy atom. The Morgan fingerprint density at radius 1 is 1.33 bits per heavy atom. The topological polar surface area (TPSA) is 46.5 Å². The zero-order valence-corrected chi connectivity index (χ0v) is 6.07. The summed E-state index contributed by atoms with van der Waals surface area (Å²) in [6.45, 7) is 0. The van der Waals surface area contributed by atoms with Gasteiger partial charge in [-0.1, -0.05) is 0 Å². The molecule has 0 aliphatic carbocycles. The molecule has 0 aromatic heterocycles. The quantitative estimate of drug-likeness (QED) is 0.477. The second-order valence-electron chi connectivity index (χ2n) is 2.04. The summed E-state index contributed by atoms with van der Waals surface area (Å²) in [6, 6.07) is 5.88. The van der Waals surface area contributed by atoms with E-state index >= 15 is 0 Å². The Kier molecular flexibility index (Phi) is 4.01. The van der Waals surface area contributed by atoms with Gasteiger partial charge in [0.1, 0.15) is 5.75 Å². The van der Waals surface area contributed by atoms with Gasteiger partial charge in [-0.25, -0.2) is 4.79 Å². The number of rotatable bonds is 1. The maximum absolute atomic E-state index is 10.8. The van der Waals surface area contributed by atoms with Crippen LogP contribution in [0.5, 0.6) is 5.75 Å². The third-order valence-corrected chi connectivity index (χ3v) is 1.29. The molecule has 0 saturated carbocycles. The molecule has 0 saturated heterocycles. The van der Waals surface area contributed by atoms with E-state index in [0.717, 1.165) is 0 Å². The van der Waals surface area contributed by atoms with Crippen LogP contribution in [-0.2, 0) is 4.74 Å². The van der Waals surface area contributed by atoms with Crippen LogP contribution in [0.15, 0.2) is 24.3 Å². The van der Waals surface area contributed by atoms with Crippen LogP contribution in [-0.4, -0.2) is 28.3 Å². The van der Waals surface area contributed by atoms with Gasteiger partial charge in [-0.3, -0.25) is 0 Å². The van der Waals surface area contributed by atoms with Gasteiger partial charge in [0.25, 0.3) is 0 Å². The summed E-state index contributed by atoms with van der Waals surface area (Å²) in [5.74, 6) is -0.261. The number of carbonyl (C=O) groups is 1. The molecule has 62 valence electrons. The Bertz CT molecular complexity index is 256. The molecule has 0 atom stereocenters. The summed E-state index contributed by atoms with van der Waals surface area (Å²) in [5, 5.41) is 8.86. The number of carbonyl (C=O) groups excluding carboxylic acids is 1. The van der Waals surface area contributed by atoms with Crippen molar-refractivity contribution in [3.05, 3.63) is 29.8 Å². The third-order valence-electron chi connectivity index (χ3n) is 1.29. The first-order chi connectivity index (χ1) is 5.24. The molecule has 1 rings (SSSR count). The van der Waals surface area contributed by atoms with Gasteiger partial charge in [-0.2, -0.15) is 0 Å². The summed E-state index contributed by atoms with van der Waals surface area (Å²) < 4.78 is 4.46. The SMILES string of the molecule is COC(=O)c1ccc(O)cc1.[BeH2]. The summed E-state index contributed by atoms with van der Waals surface area (Å²) in [4.78, 5) is 10.8. The van der Waals surface area contributed by atoms with Gasteiger partial charge in [-0.05, 0) is 24.3 Å². The number of phenols is 1. The fourth-order valence-corrected chi connectivity index (χ4v) is 0.715. The van der Waals surface area contributed by atoms with Gasteiger partial charge in [0, 0.05) is 0 Å². The average Bonchev–Trinajstić information content (AvgIpc) is 2.05. The van der Waals surface area contributed by atoms with Crippen molar-refractivity contribution >= 4 is 16.1 Å². The molecule has 0 aliphatic rings. The van der Waals surface area contributed by atoms with E-state index in [4.69, 9.17) is 5.11 Å². The molecule has 0 bridgehead atoms. The number of ether oxygens (including phenoxy) is 1. The third kappa shape index (κ3) is 2.36. The molecule has 12 heavy (non-hydrogen) atoms. The summed E-state index contributed by atoms with van der Waals surface area (Å²) >= 11 is 0. The van der Waals surface area contributed by atoms with Crippen molar-refractivity contribution in [2.24, 2.45) is 0 Å². The molecule has 1 aromatic carbocycles. The first-order valence-corrected chi connectivity index (χ1v) is 3.11. The molecule has 0 heterocycles. The number of aromatic hydroxyl groups is 1. The Hall–Kier alpha value is -1.34. The molecule has 1 aromatic rings. The van der Waals surface area contributed by atoms with E-state index in [1.165, 1.54) is 31.4 Å². The van der Waals surface area contributed by atoms with Crippen molar-refractivity contribution < 1.29 is 14.6 Å². The minimum absolute atomic E-state index is 0. The van der Waals surface area contributed by atoms with Crippen molar-refractivity contribution in [3.8, 4) is 5.75 Å². The zero-order chi connectivity index (χ0) is 8.27. The summed E-state index contributed by atoms with van der Waals surface area (Å²) in [6.07, 6.45) is 0. The van der Waals surface area contributed by atoms with Gasteiger partial charge >= 0.3 is 16.1 Å². The summed E-state index contributed by atoms with van der Waals surface area (Å²) in [7, 11) is 1.31. The van der Waals surface area contributed by atoms with E-state index in [2.05, 4.69) is 4.74 Å². The molecular weight excluding hydrogens is 153 g/mol. The van der Waals surface area contributed by atoms with Crippen LogP contribution in [0.1, 0.15) is 10.4 Å². The van der Waals surface area contributed by atoms with Crippen LogP contribution < -0.4 is 0 Å². The van der Waals surface area contributed by atoms with Crippen molar-refractivity contribution in [3.63, 3.8) is 0 Å². The molecule has 0 fully saturated rings. The number of phenolic OH excluding ortho intramolecular Hbond substituents is 1. The van der Waals surface area contributed by atoms with Gasteiger partial charge in [-0.15, -0.1) is 0 Å². The minimum atomic E-state index is -0.398. The van der Waals surface area contributed by atoms with Crippen molar-refractivity contribution in [2.75, 3.05) is 7.11 Å². The first kappa shape index (κ1) is 10.7. The Labute approximate surface area is 74.2 Å². The standard InChI is InChI=1S/C8H8O3.Be.2H/c1-11-8(10)6-2-4-7(9)5-3-6;;;/h2-5,9H,1H3;;;. The van der Waals surface area contributed by atoms with Crippen LogP contribution in [0, 0.1) is 0 Å². The van der Waals surface area contributed by atoms with Crippen LogP contribution in [0.3, 0.4) is 0 Å². The van der Waals surface area contributed by atoms with Crippen LogP contribution in [0.2, 0.25) is 0 Å². The van der Waals surface area contributed by atoms with Crippen molar-refractivity contribution in [1.29, 1.82) is 0 Å². The Balaban J connectivity index is 0.00000121. The normalized spacial score (nSPS) is 8.42. The second kappa shape index (κ2) is 4.52. The van der Waals surface area contributed by atoms with E-state index in [-0.39, 0.29) is 15.9 Å². The van der Waals surface area contributed by atoms with Crippen molar-refractivity contribution in [1.82, 2.24) is 0 Å². The number of esters is 1. The second-order valence-corrected chi connectivity index (χ2v) is 2.04. The average molecular weight is 163 g/mol. The Morgan fingerprint density at radius 2 is 1.83 bits per heavy atom. The number of hydrogen-bond acceptors (Lipinski definition) is 3. The molecule has 0 spiro atoms. The predicted molar refractivity (Wildman–Crippen MR) is 48.0 cm³/mol. The van der Waals surface area contributed by atoms with Crippen LogP contribution in [0.4, 0.5) is 0 Å². The van der Waals surface area contributed by atoms with E-state index in [0.29, 0.717) is 5.56 Å². The molecule has 1 N–H and O–H groups in total. The number of methoxy groups -OCH3 is 1. The van der Waals surface area contributed by atoms with Crippen LogP contribution in [0.25, 0.3) is 0 Å². The molecule has 3 nitrogen and oxygen atoms in total. The van der Waals surface area contributed by atoms with Gasteiger partial charge < -0.3 is 9.84 Å². The fraction of sp³-hybridized carbons (Fsp3) is 0.125. The molecule has 0 aliphatic heterocycles. The zero-order valence-electron chi connectivity index (χ0n) is 6.07. The number of hydrogen-bond donors (Lipinski definition) is 1. The monoisotopic (exact) mass is 163 g/mol. The molecular formula is C8H10BeO3. The van der Waals surface area contributed by atoms with Crippen molar-refractivity contribution in [2.45, 2.75) is 0 Å². The molecule has 0 amide bonds. The fourth-order valence-electron chi connectivity index (χ4n) is 0.715. The van der Waals surface area contributed by atoms with E-state index in [1.54, 1.807) is 0 Å². The molecule has 0 radical (unpaired) electrons. The van der Waals surface area contributed by atoms with E-state index < -0.39 is 5.97 Å². The van der Waals surface area contributed by atoms with Gasteiger partial charge in [0.2, 0.25) is 0 Å². The first-order valence-electron chi connectivity index (χ1n) is 3.11. The molecule has 0 unspecified atom stereocenters. The van der Waals surface area contributed by atoms with E-state index in [1.807, 2.05) is 0 Å². The van der Waals surface area contributed by atoms with Crippen LogP contribution >= 0.6 is 0 Å². The van der Waals surface area contributed by atoms with Gasteiger partial charge in [0.15, 0.2) is 0 Å².